The molecule has 116 valence electrons. The van der Waals surface area contributed by atoms with Gasteiger partial charge in [-0.1, -0.05) is 24.3 Å². The van der Waals surface area contributed by atoms with Gasteiger partial charge in [-0.3, -0.25) is 0 Å². The van der Waals surface area contributed by atoms with E-state index in [1.165, 1.54) is 0 Å². The lowest BCUT2D eigenvalue weighted by molar-refractivity contribution is 0.415. The smallest absolute Gasteiger partial charge is 0.173 e. The van der Waals surface area contributed by atoms with Gasteiger partial charge in [0, 0.05) is 23.9 Å². The van der Waals surface area contributed by atoms with Crippen molar-refractivity contribution >= 4 is 23.0 Å². The van der Waals surface area contributed by atoms with E-state index in [1.807, 2.05) is 48.2 Å². The fraction of sp³-hybridized carbons (Fsp3) is 0.235. The van der Waals surface area contributed by atoms with E-state index in [4.69, 9.17) is 17.0 Å². The molecule has 5 heteroatoms. The number of anilines is 1. The quantitative estimate of drug-likeness (QED) is 0.829. The van der Waals surface area contributed by atoms with E-state index in [-0.39, 0.29) is 5.75 Å². The summed E-state index contributed by atoms with van der Waals surface area (Å²) in [6, 6.07) is 15.0. The second kappa shape index (κ2) is 7.66. The van der Waals surface area contributed by atoms with Gasteiger partial charge in [0.1, 0.15) is 11.5 Å². The highest BCUT2D eigenvalue weighted by Crippen LogP contribution is 2.25. The molecule has 22 heavy (non-hydrogen) atoms. The van der Waals surface area contributed by atoms with E-state index in [1.54, 1.807) is 19.2 Å². The second-order valence-corrected chi connectivity index (χ2v) is 5.14. The topological polar surface area (TPSA) is 44.7 Å². The fourth-order valence-corrected chi connectivity index (χ4v) is 2.43. The summed E-state index contributed by atoms with van der Waals surface area (Å²) >= 11 is 5.47. The number of nitrogens with zero attached hydrogens (tertiary/aromatic N) is 1. The number of methoxy groups -OCH3 is 1. The van der Waals surface area contributed by atoms with Crippen LogP contribution in [0.1, 0.15) is 12.5 Å². The molecule has 2 N–H and O–H groups in total. The highest BCUT2D eigenvalue weighted by atomic mass is 32.1. The van der Waals surface area contributed by atoms with Crippen LogP contribution in [0.2, 0.25) is 0 Å². The SMILES string of the molecule is CCNC(=S)N(Cc1ccccc1O)c1cccc(OC)c1. The molecule has 0 aromatic heterocycles. The van der Waals surface area contributed by atoms with E-state index in [2.05, 4.69) is 5.32 Å². The maximum Gasteiger partial charge on any atom is 0.173 e. The molecule has 0 spiro atoms. The van der Waals surface area contributed by atoms with Gasteiger partial charge in [-0.2, -0.15) is 0 Å². The minimum absolute atomic E-state index is 0.259. The molecule has 0 heterocycles. The molecule has 0 atom stereocenters. The van der Waals surface area contributed by atoms with Gasteiger partial charge in [0.2, 0.25) is 0 Å². The first-order valence-corrected chi connectivity index (χ1v) is 7.52. The van der Waals surface area contributed by atoms with Gasteiger partial charge < -0.3 is 20.1 Å². The highest BCUT2D eigenvalue weighted by molar-refractivity contribution is 7.80. The van der Waals surface area contributed by atoms with Gasteiger partial charge in [0.15, 0.2) is 5.11 Å². The summed E-state index contributed by atoms with van der Waals surface area (Å²) in [6.45, 7) is 3.21. The molecule has 0 aliphatic carbocycles. The normalized spacial score (nSPS) is 10.1. The Morgan fingerprint density at radius 2 is 2.00 bits per heavy atom. The first-order chi connectivity index (χ1) is 10.7. The third-order valence-corrected chi connectivity index (χ3v) is 3.62. The largest absolute Gasteiger partial charge is 0.508 e. The molecule has 0 amide bonds. The molecule has 0 bridgehead atoms. The zero-order valence-electron chi connectivity index (χ0n) is 12.7. The van der Waals surface area contributed by atoms with E-state index >= 15 is 0 Å². The Hall–Kier alpha value is -2.27. The summed E-state index contributed by atoms with van der Waals surface area (Å²) in [5.74, 6) is 1.02. The first kappa shape index (κ1) is 16.1. The number of hydrogen-bond acceptors (Lipinski definition) is 3. The van der Waals surface area contributed by atoms with Crippen LogP contribution in [-0.4, -0.2) is 23.9 Å². The Morgan fingerprint density at radius 1 is 1.23 bits per heavy atom. The van der Waals surface area contributed by atoms with Crippen molar-refractivity contribution in [3.8, 4) is 11.5 Å². The van der Waals surface area contributed by atoms with Gasteiger partial charge in [0.05, 0.1) is 13.7 Å². The average molecular weight is 316 g/mol. The fourth-order valence-electron chi connectivity index (χ4n) is 2.12. The Balaban J connectivity index is 2.34. The van der Waals surface area contributed by atoms with Crippen LogP contribution in [0.4, 0.5) is 5.69 Å². The summed E-state index contributed by atoms with van der Waals surface area (Å²) in [5, 5.41) is 13.8. The molecular weight excluding hydrogens is 296 g/mol. The van der Waals surface area contributed by atoms with Crippen LogP contribution in [0.15, 0.2) is 48.5 Å². The lowest BCUT2D eigenvalue weighted by Gasteiger charge is -2.26. The average Bonchev–Trinajstić information content (AvgIpc) is 2.54. The summed E-state index contributed by atoms with van der Waals surface area (Å²) < 4.78 is 5.28. The first-order valence-electron chi connectivity index (χ1n) is 7.12. The van der Waals surface area contributed by atoms with Crippen LogP contribution < -0.4 is 15.0 Å². The molecule has 4 nitrogen and oxygen atoms in total. The van der Waals surface area contributed by atoms with Crippen molar-refractivity contribution in [3.05, 3.63) is 54.1 Å². The van der Waals surface area contributed by atoms with Crippen LogP contribution >= 0.6 is 12.2 Å². The number of phenols is 1. The Labute approximate surface area is 136 Å². The van der Waals surface area contributed by atoms with Crippen LogP contribution in [0.3, 0.4) is 0 Å². The number of benzene rings is 2. The zero-order chi connectivity index (χ0) is 15.9. The lowest BCUT2D eigenvalue weighted by atomic mass is 10.1. The summed E-state index contributed by atoms with van der Waals surface area (Å²) in [4.78, 5) is 1.94. The number of thiocarbonyl (C=S) groups is 1. The number of para-hydroxylation sites is 1. The predicted molar refractivity (Wildman–Crippen MR) is 93.6 cm³/mol. The number of rotatable bonds is 5. The van der Waals surface area contributed by atoms with Crippen molar-refractivity contribution in [3.63, 3.8) is 0 Å². The highest BCUT2D eigenvalue weighted by Gasteiger charge is 2.14. The maximum absolute atomic E-state index is 10.0. The molecule has 0 saturated carbocycles. The molecule has 0 aliphatic heterocycles. The minimum Gasteiger partial charge on any atom is -0.508 e. The van der Waals surface area contributed by atoms with Crippen molar-refractivity contribution in [1.29, 1.82) is 0 Å². The van der Waals surface area contributed by atoms with E-state index in [9.17, 15) is 5.11 Å². The summed E-state index contributed by atoms with van der Waals surface area (Å²) in [7, 11) is 1.63. The van der Waals surface area contributed by atoms with Crippen molar-refractivity contribution < 1.29 is 9.84 Å². The molecule has 2 aromatic carbocycles. The van der Waals surface area contributed by atoms with E-state index in [0.717, 1.165) is 23.5 Å². The molecule has 0 aliphatic rings. The Bertz CT molecular complexity index is 646. The molecule has 0 radical (unpaired) electrons. The minimum atomic E-state index is 0.259. The molecule has 2 aromatic rings. The van der Waals surface area contributed by atoms with Crippen molar-refractivity contribution in [2.45, 2.75) is 13.5 Å². The number of hydrogen-bond donors (Lipinski definition) is 2. The van der Waals surface area contributed by atoms with Gasteiger partial charge in [-0.25, -0.2) is 0 Å². The third-order valence-electron chi connectivity index (χ3n) is 3.26. The van der Waals surface area contributed by atoms with Gasteiger partial charge >= 0.3 is 0 Å². The molecule has 2 rings (SSSR count). The number of nitrogens with one attached hydrogen (secondary N) is 1. The Kier molecular flexibility index (Phi) is 5.61. The van der Waals surface area contributed by atoms with Crippen LogP contribution in [0.5, 0.6) is 11.5 Å². The summed E-state index contributed by atoms with van der Waals surface area (Å²) in [6.07, 6.45) is 0. The standard InChI is InChI=1S/C17H20N2O2S/c1-3-18-17(22)19(12-13-7-4-5-10-16(13)20)14-8-6-9-15(11-14)21-2/h4-11,20H,3,12H2,1-2H3,(H,18,22). The monoisotopic (exact) mass is 316 g/mol. The van der Waals surface area contributed by atoms with Crippen LogP contribution in [0.25, 0.3) is 0 Å². The van der Waals surface area contributed by atoms with Gasteiger partial charge in [-0.15, -0.1) is 0 Å². The zero-order valence-corrected chi connectivity index (χ0v) is 13.6. The van der Waals surface area contributed by atoms with Crippen molar-refractivity contribution in [2.24, 2.45) is 0 Å². The molecule has 0 saturated heterocycles. The van der Waals surface area contributed by atoms with Crippen molar-refractivity contribution in [1.82, 2.24) is 5.32 Å². The maximum atomic E-state index is 10.0. The molecule has 0 unspecified atom stereocenters. The van der Waals surface area contributed by atoms with Gasteiger partial charge in [0.25, 0.3) is 0 Å². The number of aromatic hydroxyl groups is 1. The van der Waals surface area contributed by atoms with Crippen molar-refractivity contribution in [2.75, 3.05) is 18.6 Å². The van der Waals surface area contributed by atoms with Gasteiger partial charge in [-0.05, 0) is 37.3 Å². The lowest BCUT2D eigenvalue weighted by Crippen LogP contribution is -2.39. The number of phenolic OH excluding ortho intramolecular Hbond substituents is 1. The van der Waals surface area contributed by atoms with Crippen LogP contribution in [-0.2, 0) is 6.54 Å². The predicted octanol–water partition coefficient (Wildman–Crippen LogP) is 3.30. The molecule has 0 fully saturated rings. The second-order valence-electron chi connectivity index (χ2n) is 4.75. The molecular formula is C17H20N2O2S. The number of ether oxygens (including phenoxy) is 1. The third kappa shape index (κ3) is 3.89. The Morgan fingerprint density at radius 3 is 2.68 bits per heavy atom. The van der Waals surface area contributed by atoms with E-state index in [0.29, 0.717) is 11.7 Å². The summed E-state index contributed by atoms with van der Waals surface area (Å²) in [5.41, 5.74) is 1.72. The van der Waals surface area contributed by atoms with E-state index < -0.39 is 0 Å². The van der Waals surface area contributed by atoms with Crippen LogP contribution in [0, 0.1) is 0 Å².